The highest BCUT2D eigenvalue weighted by atomic mass is 19.4. The molecular formula is C7H8F3N3O2. The van der Waals surface area contributed by atoms with Gasteiger partial charge in [-0.05, 0) is 0 Å². The molecule has 0 aliphatic carbocycles. The van der Waals surface area contributed by atoms with Gasteiger partial charge in [-0.25, -0.2) is 4.68 Å². The van der Waals surface area contributed by atoms with Crippen LogP contribution in [0.25, 0.3) is 0 Å². The van der Waals surface area contributed by atoms with Crippen molar-refractivity contribution in [3.8, 4) is 0 Å². The van der Waals surface area contributed by atoms with Crippen LogP contribution >= 0.6 is 0 Å². The molecule has 0 unspecified atom stereocenters. The van der Waals surface area contributed by atoms with Crippen LogP contribution in [-0.4, -0.2) is 21.9 Å². The van der Waals surface area contributed by atoms with E-state index in [1.807, 2.05) is 0 Å². The van der Waals surface area contributed by atoms with E-state index < -0.39 is 17.8 Å². The number of hydrogen-bond donors (Lipinski definition) is 0. The lowest BCUT2D eigenvalue weighted by atomic mass is 10.5. The van der Waals surface area contributed by atoms with Gasteiger partial charge in [0, 0.05) is 13.5 Å². The van der Waals surface area contributed by atoms with Crippen LogP contribution in [0.1, 0.15) is 12.8 Å². The number of hydrogen-bond acceptors (Lipinski definition) is 3. The predicted molar refractivity (Wildman–Crippen MR) is 41.5 cm³/mol. The van der Waals surface area contributed by atoms with Gasteiger partial charge in [-0.2, -0.15) is 18.2 Å². The van der Waals surface area contributed by atoms with Crippen LogP contribution in [0.15, 0.2) is 9.41 Å². The maximum absolute atomic E-state index is 11.8. The second kappa shape index (κ2) is 3.87. The molecule has 0 aliphatic heterocycles. The summed E-state index contributed by atoms with van der Waals surface area (Å²) in [4.78, 5) is 13.3. The summed E-state index contributed by atoms with van der Waals surface area (Å²) in [6.07, 6.45) is -4.59. The van der Waals surface area contributed by atoms with Gasteiger partial charge in [0.2, 0.25) is 5.89 Å². The summed E-state index contributed by atoms with van der Waals surface area (Å²) < 4.78 is 41.3. The molecule has 1 aromatic rings. The number of carbonyl (C=O) groups is 1. The summed E-state index contributed by atoms with van der Waals surface area (Å²) in [5.41, 5.74) is -0.464. The molecule has 15 heavy (non-hydrogen) atoms. The molecular weight excluding hydrogens is 215 g/mol. The first-order valence-corrected chi connectivity index (χ1v) is 4.03. The third kappa shape index (κ3) is 2.67. The van der Waals surface area contributed by atoms with E-state index in [4.69, 9.17) is 4.42 Å². The van der Waals surface area contributed by atoms with Gasteiger partial charge in [0.25, 0.3) is 0 Å². The van der Waals surface area contributed by atoms with Crippen molar-refractivity contribution in [1.82, 2.24) is 9.78 Å². The molecule has 0 aliphatic rings. The minimum absolute atomic E-state index is 0.214. The van der Waals surface area contributed by atoms with Crippen LogP contribution in [0, 0.1) is 0 Å². The summed E-state index contributed by atoms with van der Waals surface area (Å²) in [7, 11) is 1.34. The molecule has 1 rings (SSSR count). The topological polar surface area (TPSA) is 60.4 Å². The Bertz CT molecular complexity index is 429. The minimum atomic E-state index is -4.99. The average Bonchev–Trinajstić information content (AvgIpc) is 2.45. The van der Waals surface area contributed by atoms with Crippen molar-refractivity contribution in [2.45, 2.75) is 19.5 Å². The van der Waals surface area contributed by atoms with Gasteiger partial charge < -0.3 is 4.42 Å². The minimum Gasteiger partial charge on any atom is -0.408 e. The van der Waals surface area contributed by atoms with E-state index in [2.05, 4.69) is 10.1 Å². The van der Waals surface area contributed by atoms with Crippen molar-refractivity contribution in [1.29, 1.82) is 0 Å². The Balaban J connectivity index is 3.10. The monoisotopic (exact) mass is 223 g/mol. The van der Waals surface area contributed by atoms with Crippen LogP contribution in [-0.2, 0) is 18.3 Å². The van der Waals surface area contributed by atoms with Crippen LogP contribution in [0.4, 0.5) is 13.2 Å². The SMILES string of the molecule is CCc1nn(C)c(=NC(=O)C(F)(F)F)o1. The fourth-order valence-corrected chi connectivity index (χ4v) is 0.790. The number of rotatable bonds is 1. The molecule has 0 fully saturated rings. The highest BCUT2D eigenvalue weighted by molar-refractivity contribution is 5.82. The summed E-state index contributed by atoms with van der Waals surface area (Å²) in [5.74, 6) is -2.00. The first-order chi connectivity index (χ1) is 6.84. The Kier molecular flexibility index (Phi) is 2.96. The number of alkyl halides is 3. The zero-order valence-corrected chi connectivity index (χ0v) is 8.00. The Morgan fingerprint density at radius 1 is 1.60 bits per heavy atom. The van der Waals surface area contributed by atoms with Crippen LogP contribution in [0.5, 0.6) is 0 Å². The van der Waals surface area contributed by atoms with Gasteiger partial charge >= 0.3 is 17.8 Å². The van der Waals surface area contributed by atoms with Crippen molar-refractivity contribution in [3.63, 3.8) is 0 Å². The Hall–Kier alpha value is -1.60. The van der Waals surface area contributed by atoms with Crippen molar-refractivity contribution in [2.75, 3.05) is 0 Å². The van der Waals surface area contributed by atoms with Crippen molar-refractivity contribution in [3.05, 3.63) is 11.6 Å². The second-order valence-electron chi connectivity index (χ2n) is 2.67. The van der Waals surface area contributed by atoms with E-state index in [0.717, 1.165) is 4.68 Å². The summed E-state index contributed by atoms with van der Waals surface area (Å²) in [6, 6.07) is 0. The third-order valence-corrected chi connectivity index (χ3v) is 1.49. The van der Waals surface area contributed by atoms with Crippen LogP contribution in [0.2, 0.25) is 0 Å². The zero-order valence-electron chi connectivity index (χ0n) is 8.00. The lowest BCUT2D eigenvalue weighted by Crippen LogP contribution is -2.25. The number of nitrogens with zero attached hydrogens (tertiary/aromatic N) is 3. The quantitative estimate of drug-likeness (QED) is 0.699. The molecule has 1 amide bonds. The molecule has 0 bridgehead atoms. The van der Waals surface area contributed by atoms with Crippen molar-refractivity contribution in [2.24, 2.45) is 12.0 Å². The molecule has 1 aromatic heterocycles. The molecule has 1 heterocycles. The fourth-order valence-electron chi connectivity index (χ4n) is 0.790. The van der Waals surface area contributed by atoms with Crippen molar-refractivity contribution < 1.29 is 22.4 Å². The van der Waals surface area contributed by atoms with E-state index in [1.165, 1.54) is 7.05 Å². The van der Waals surface area contributed by atoms with E-state index in [9.17, 15) is 18.0 Å². The van der Waals surface area contributed by atoms with E-state index in [-0.39, 0.29) is 5.89 Å². The third-order valence-electron chi connectivity index (χ3n) is 1.49. The first kappa shape index (κ1) is 11.5. The van der Waals surface area contributed by atoms with Crippen molar-refractivity contribution >= 4 is 5.91 Å². The lowest BCUT2D eigenvalue weighted by molar-refractivity contribution is -0.170. The second-order valence-corrected chi connectivity index (χ2v) is 2.67. The Labute approximate surface area is 82.2 Å². The number of aromatic nitrogens is 2. The lowest BCUT2D eigenvalue weighted by Gasteiger charge is -1.96. The Morgan fingerprint density at radius 3 is 2.60 bits per heavy atom. The number of carbonyl (C=O) groups excluding carboxylic acids is 1. The molecule has 0 saturated heterocycles. The van der Waals surface area contributed by atoms with E-state index in [1.54, 1.807) is 6.92 Å². The molecule has 84 valence electrons. The van der Waals surface area contributed by atoms with Crippen LogP contribution in [0.3, 0.4) is 0 Å². The van der Waals surface area contributed by atoms with Gasteiger partial charge in [-0.15, -0.1) is 5.10 Å². The largest absolute Gasteiger partial charge is 0.473 e. The maximum Gasteiger partial charge on any atom is 0.473 e. The van der Waals surface area contributed by atoms with Gasteiger partial charge in [0.15, 0.2) is 0 Å². The molecule has 0 radical (unpaired) electrons. The highest BCUT2D eigenvalue weighted by Crippen LogP contribution is 2.15. The molecule has 0 aromatic carbocycles. The summed E-state index contributed by atoms with van der Waals surface area (Å²) in [6.45, 7) is 1.71. The number of halogens is 3. The first-order valence-electron chi connectivity index (χ1n) is 4.03. The average molecular weight is 223 g/mol. The molecule has 0 N–H and O–H groups in total. The molecule has 0 spiro atoms. The normalized spacial score (nSPS) is 13.3. The molecule has 5 nitrogen and oxygen atoms in total. The van der Waals surface area contributed by atoms with Gasteiger partial charge in [-0.3, -0.25) is 4.79 Å². The smallest absolute Gasteiger partial charge is 0.408 e. The fraction of sp³-hybridized carbons (Fsp3) is 0.571. The maximum atomic E-state index is 11.8. The number of aryl methyl sites for hydroxylation is 2. The molecule has 0 saturated carbocycles. The zero-order chi connectivity index (χ0) is 11.6. The highest BCUT2D eigenvalue weighted by Gasteiger charge is 2.38. The molecule has 8 heteroatoms. The van der Waals surface area contributed by atoms with E-state index >= 15 is 0 Å². The van der Waals surface area contributed by atoms with Gasteiger partial charge in [0.1, 0.15) is 0 Å². The standard InChI is InChI=1S/C7H8F3N3O2/c1-3-4-12-13(2)6(15-4)11-5(14)7(8,9)10/h3H2,1-2H3. The number of amides is 1. The summed E-state index contributed by atoms with van der Waals surface area (Å²) in [5, 5.41) is 3.70. The van der Waals surface area contributed by atoms with E-state index in [0.29, 0.717) is 6.42 Å². The van der Waals surface area contributed by atoms with Gasteiger partial charge in [-0.1, -0.05) is 6.92 Å². The summed E-state index contributed by atoms with van der Waals surface area (Å²) >= 11 is 0. The predicted octanol–water partition coefficient (Wildman–Crippen LogP) is 0.565. The van der Waals surface area contributed by atoms with Crippen LogP contribution < -0.4 is 5.68 Å². The van der Waals surface area contributed by atoms with Gasteiger partial charge in [0.05, 0.1) is 0 Å². The molecule has 0 atom stereocenters. The Morgan fingerprint density at radius 2 is 2.20 bits per heavy atom.